The first-order valence-corrected chi connectivity index (χ1v) is 7.68. The highest BCUT2D eigenvalue weighted by atomic mass is 16.5. The molecule has 0 spiro atoms. The van der Waals surface area contributed by atoms with Gasteiger partial charge in [0.2, 0.25) is 0 Å². The molecule has 2 unspecified atom stereocenters. The zero-order valence-corrected chi connectivity index (χ0v) is 13.1. The van der Waals surface area contributed by atoms with Crippen molar-refractivity contribution in [1.82, 2.24) is 0 Å². The molecule has 2 atom stereocenters. The molecule has 0 aliphatic rings. The highest BCUT2D eigenvalue weighted by Gasteiger charge is 2.10. The van der Waals surface area contributed by atoms with Gasteiger partial charge in [0.25, 0.3) is 0 Å². The van der Waals surface area contributed by atoms with E-state index in [1.807, 2.05) is 24.3 Å². The maximum atomic E-state index is 6.17. The van der Waals surface area contributed by atoms with Gasteiger partial charge >= 0.3 is 0 Å². The standard InChI is InChI=1S/C17H29NO2/c1-4-6-8-14(5-2)12-20-13-17(18)15-9-7-10-16(11-15)19-3/h7,9-11,14,17H,4-6,8,12-13,18H2,1-3H3. The molecule has 1 aromatic carbocycles. The Morgan fingerprint density at radius 3 is 2.65 bits per heavy atom. The monoisotopic (exact) mass is 279 g/mol. The summed E-state index contributed by atoms with van der Waals surface area (Å²) in [6, 6.07) is 7.79. The van der Waals surface area contributed by atoms with Gasteiger partial charge in [-0.3, -0.25) is 0 Å². The average Bonchev–Trinajstić information content (AvgIpc) is 2.50. The lowest BCUT2D eigenvalue weighted by Gasteiger charge is -2.18. The molecule has 0 saturated heterocycles. The minimum atomic E-state index is -0.0891. The predicted octanol–water partition coefficient (Wildman–Crippen LogP) is 3.93. The lowest BCUT2D eigenvalue weighted by atomic mass is 10.0. The molecule has 114 valence electrons. The Bertz CT molecular complexity index is 368. The van der Waals surface area contributed by atoms with Gasteiger partial charge in [-0.1, -0.05) is 45.2 Å². The fourth-order valence-corrected chi connectivity index (χ4v) is 2.23. The second-order valence-electron chi connectivity index (χ2n) is 5.34. The van der Waals surface area contributed by atoms with Crippen LogP contribution >= 0.6 is 0 Å². The number of hydrogen-bond donors (Lipinski definition) is 1. The zero-order chi connectivity index (χ0) is 14.8. The molecule has 0 radical (unpaired) electrons. The molecule has 3 nitrogen and oxygen atoms in total. The van der Waals surface area contributed by atoms with E-state index in [2.05, 4.69) is 13.8 Å². The summed E-state index contributed by atoms with van der Waals surface area (Å²) in [6.07, 6.45) is 4.96. The molecule has 0 saturated carbocycles. The summed E-state index contributed by atoms with van der Waals surface area (Å²) in [4.78, 5) is 0. The molecular formula is C17H29NO2. The van der Waals surface area contributed by atoms with Gasteiger partial charge in [0, 0.05) is 6.61 Å². The molecule has 1 rings (SSSR count). The third-order valence-corrected chi connectivity index (χ3v) is 3.72. The van der Waals surface area contributed by atoms with Crippen LogP contribution in [0, 0.1) is 5.92 Å². The Labute approximate surface area is 123 Å². The number of rotatable bonds is 10. The predicted molar refractivity (Wildman–Crippen MR) is 84.0 cm³/mol. The molecule has 0 aliphatic heterocycles. The Morgan fingerprint density at radius 2 is 2.00 bits per heavy atom. The van der Waals surface area contributed by atoms with E-state index >= 15 is 0 Å². The first-order chi connectivity index (χ1) is 9.71. The van der Waals surface area contributed by atoms with Crippen molar-refractivity contribution in [3.05, 3.63) is 29.8 Å². The number of ether oxygens (including phenoxy) is 2. The van der Waals surface area contributed by atoms with Gasteiger partial charge < -0.3 is 15.2 Å². The summed E-state index contributed by atoms with van der Waals surface area (Å²) in [5, 5.41) is 0. The largest absolute Gasteiger partial charge is 0.497 e. The molecule has 3 heteroatoms. The second-order valence-corrected chi connectivity index (χ2v) is 5.34. The third kappa shape index (κ3) is 5.93. The summed E-state index contributed by atoms with van der Waals surface area (Å²) in [6.45, 7) is 5.84. The topological polar surface area (TPSA) is 44.5 Å². The Balaban J connectivity index is 2.36. The summed E-state index contributed by atoms with van der Waals surface area (Å²) >= 11 is 0. The maximum absolute atomic E-state index is 6.17. The van der Waals surface area contributed by atoms with Gasteiger partial charge in [0.1, 0.15) is 5.75 Å². The van der Waals surface area contributed by atoms with E-state index in [0.29, 0.717) is 12.5 Å². The van der Waals surface area contributed by atoms with Crippen LogP contribution in [0.3, 0.4) is 0 Å². The smallest absolute Gasteiger partial charge is 0.119 e. The minimum Gasteiger partial charge on any atom is -0.497 e. The first-order valence-electron chi connectivity index (χ1n) is 7.68. The van der Waals surface area contributed by atoms with Crippen molar-refractivity contribution in [2.24, 2.45) is 11.7 Å². The average molecular weight is 279 g/mol. The number of benzene rings is 1. The highest BCUT2D eigenvalue weighted by Crippen LogP contribution is 2.19. The zero-order valence-electron chi connectivity index (χ0n) is 13.1. The Morgan fingerprint density at radius 1 is 1.20 bits per heavy atom. The van der Waals surface area contributed by atoms with Gasteiger partial charge in [0.15, 0.2) is 0 Å². The SMILES string of the molecule is CCCCC(CC)COCC(N)c1cccc(OC)c1. The fraction of sp³-hybridized carbons (Fsp3) is 0.647. The summed E-state index contributed by atoms with van der Waals surface area (Å²) < 4.78 is 11.0. The molecule has 0 heterocycles. The van der Waals surface area contributed by atoms with Crippen LogP contribution in [0.4, 0.5) is 0 Å². The van der Waals surface area contributed by atoms with Gasteiger partial charge in [0.05, 0.1) is 19.8 Å². The summed E-state index contributed by atoms with van der Waals surface area (Å²) in [5.74, 6) is 1.50. The van der Waals surface area contributed by atoms with Gasteiger partial charge in [-0.2, -0.15) is 0 Å². The van der Waals surface area contributed by atoms with E-state index in [1.165, 1.54) is 25.7 Å². The van der Waals surface area contributed by atoms with Crippen LogP contribution in [0.15, 0.2) is 24.3 Å². The third-order valence-electron chi connectivity index (χ3n) is 3.72. The highest BCUT2D eigenvalue weighted by molar-refractivity contribution is 5.30. The van der Waals surface area contributed by atoms with Crippen LogP contribution in [0.1, 0.15) is 51.1 Å². The molecule has 0 fully saturated rings. The number of hydrogen-bond acceptors (Lipinski definition) is 3. The van der Waals surface area contributed by atoms with Crippen molar-refractivity contribution in [1.29, 1.82) is 0 Å². The normalized spacial score (nSPS) is 14.0. The van der Waals surface area contributed by atoms with Gasteiger partial charge in [-0.05, 0) is 30.0 Å². The van der Waals surface area contributed by atoms with E-state index in [1.54, 1.807) is 7.11 Å². The van der Waals surface area contributed by atoms with E-state index < -0.39 is 0 Å². The number of methoxy groups -OCH3 is 1. The van der Waals surface area contributed by atoms with Crippen molar-refractivity contribution in [3.8, 4) is 5.75 Å². The quantitative estimate of drug-likeness (QED) is 0.706. The fourth-order valence-electron chi connectivity index (χ4n) is 2.23. The number of nitrogens with two attached hydrogens (primary N) is 1. The molecule has 0 bridgehead atoms. The van der Waals surface area contributed by atoms with Crippen LogP contribution in [-0.4, -0.2) is 20.3 Å². The van der Waals surface area contributed by atoms with Crippen molar-refractivity contribution < 1.29 is 9.47 Å². The van der Waals surface area contributed by atoms with Crippen LogP contribution in [0.2, 0.25) is 0 Å². The molecule has 1 aromatic rings. The summed E-state index contributed by atoms with van der Waals surface area (Å²) in [5.41, 5.74) is 7.23. The maximum Gasteiger partial charge on any atom is 0.119 e. The van der Waals surface area contributed by atoms with E-state index in [4.69, 9.17) is 15.2 Å². The first kappa shape index (κ1) is 17.0. The molecular weight excluding hydrogens is 250 g/mol. The Hall–Kier alpha value is -1.06. The van der Waals surface area contributed by atoms with E-state index in [0.717, 1.165) is 17.9 Å². The second kappa shape index (κ2) is 9.78. The summed E-state index contributed by atoms with van der Waals surface area (Å²) in [7, 11) is 1.67. The molecule has 2 N–H and O–H groups in total. The van der Waals surface area contributed by atoms with Crippen molar-refractivity contribution in [2.45, 2.75) is 45.6 Å². The minimum absolute atomic E-state index is 0.0891. The Kier molecular flexibility index (Phi) is 8.31. The molecule has 20 heavy (non-hydrogen) atoms. The van der Waals surface area contributed by atoms with Crippen molar-refractivity contribution in [2.75, 3.05) is 20.3 Å². The van der Waals surface area contributed by atoms with Crippen molar-refractivity contribution >= 4 is 0 Å². The molecule has 0 aliphatic carbocycles. The molecule has 0 amide bonds. The van der Waals surface area contributed by atoms with Crippen LogP contribution < -0.4 is 10.5 Å². The lowest BCUT2D eigenvalue weighted by Crippen LogP contribution is -2.19. The van der Waals surface area contributed by atoms with Crippen LogP contribution in [0.25, 0.3) is 0 Å². The van der Waals surface area contributed by atoms with E-state index in [9.17, 15) is 0 Å². The van der Waals surface area contributed by atoms with Gasteiger partial charge in [-0.25, -0.2) is 0 Å². The molecule has 0 aromatic heterocycles. The van der Waals surface area contributed by atoms with Crippen molar-refractivity contribution in [3.63, 3.8) is 0 Å². The lowest BCUT2D eigenvalue weighted by molar-refractivity contribution is 0.0837. The van der Waals surface area contributed by atoms with E-state index in [-0.39, 0.29) is 6.04 Å². The van der Waals surface area contributed by atoms with Crippen LogP contribution in [-0.2, 0) is 4.74 Å². The van der Waals surface area contributed by atoms with Crippen LogP contribution in [0.5, 0.6) is 5.75 Å². The van der Waals surface area contributed by atoms with Gasteiger partial charge in [-0.15, -0.1) is 0 Å². The number of unbranched alkanes of at least 4 members (excludes halogenated alkanes) is 1.